The number of hydrogen-bond donors (Lipinski definition) is 1. The number of piperazine rings is 1. The van der Waals surface area contributed by atoms with E-state index in [1.165, 1.54) is 5.56 Å². The van der Waals surface area contributed by atoms with Crippen molar-refractivity contribution < 1.29 is 9.53 Å². The van der Waals surface area contributed by atoms with Crippen molar-refractivity contribution in [3.63, 3.8) is 0 Å². The van der Waals surface area contributed by atoms with Crippen molar-refractivity contribution in [3.8, 4) is 5.75 Å². The molecule has 0 unspecified atom stereocenters. The molecule has 4 nitrogen and oxygen atoms in total. The van der Waals surface area contributed by atoms with Gasteiger partial charge in [0.15, 0.2) is 0 Å². The third-order valence-electron chi connectivity index (χ3n) is 3.74. The number of rotatable bonds is 4. The lowest BCUT2D eigenvalue weighted by Gasteiger charge is -2.27. The molecule has 1 amide bonds. The Morgan fingerprint density at radius 3 is 2.57 bits per heavy atom. The molecule has 1 saturated heterocycles. The number of benzene rings is 1. The summed E-state index contributed by atoms with van der Waals surface area (Å²) in [5, 5.41) is 3.25. The molecule has 21 heavy (non-hydrogen) atoms. The summed E-state index contributed by atoms with van der Waals surface area (Å²) < 4.78 is 5.86. The van der Waals surface area contributed by atoms with Crippen LogP contribution in [-0.2, 0) is 10.2 Å². The smallest absolute Gasteiger partial charge is 0.226 e. The van der Waals surface area contributed by atoms with E-state index in [9.17, 15) is 4.79 Å². The zero-order valence-corrected chi connectivity index (χ0v) is 13.3. The van der Waals surface area contributed by atoms with Gasteiger partial charge in [0.05, 0.1) is 13.0 Å². The molecular weight excluding hydrogens is 264 g/mol. The molecule has 1 fully saturated rings. The number of amides is 1. The topological polar surface area (TPSA) is 41.6 Å². The largest absolute Gasteiger partial charge is 0.493 e. The SMILES string of the molecule is CC(C)(C)c1ccccc1OCCC(=O)N1CCNCC1. The molecule has 0 aliphatic carbocycles. The lowest BCUT2D eigenvalue weighted by molar-refractivity contribution is -0.132. The van der Waals surface area contributed by atoms with E-state index >= 15 is 0 Å². The molecule has 1 aromatic carbocycles. The summed E-state index contributed by atoms with van der Waals surface area (Å²) in [4.78, 5) is 14.0. The van der Waals surface area contributed by atoms with Gasteiger partial charge in [-0.2, -0.15) is 0 Å². The maximum absolute atomic E-state index is 12.1. The average Bonchev–Trinajstić information content (AvgIpc) is 2.47. The molecule has 1 heterocycles. The van der Waals surface area contributed by atoms with Crippen LogP contribution in [0.5, 0.6) is 5.75 Å². The van der Waals surface area contributed by atoms with Crippen LogP contribution in [-0.4, -0.2) is 43.6 Å². The Bertz CT molecular complexity index is 474. The van der Waals surface area contributed by atoms with Gasteiger partial charge >= 0.3 is 0 Å². The van der Waals surface area contributed by atoms with Crippen LogP contribution in [0.3, 0.4) is 0 Å². The van der Waals surface area contributed by atoms with Gasteiger partial charge in [0, 0.05) is 26.2 Å². The van der Waals surface area contributed by atoms with Crippen LogP contribution in [0.1, 0.15) is 32.8 Å². The van der Waals surface area contributed by atoms with Crippen molar-refractivity contribution in [1.29, 1.82) is 0 Å². The summed E-state index contributed by atoms with van der Waals surface area (Å²) >= 11 is 0. The number of hydrogen-bond acceptors (Lipinski definition) is 3. The van der Waals surface area contributed by atoms with Crippen molar-refractivity contribution in [2.75, 3.05) is 32.8 Å². The van der Waals surface area contributed by atoms with Crippen LogP contribution in [0.25, 0.3) is 0 Å². The molecule has 116 valence electrons. The van der Waals surface area contributed by atoms with E-state index in [0.717, 1.165) is 31.9 Å². The highest BCUT2D eigenvalue weighted by Gasteiger charge is 2.19. The molecule has 0 bridgehead atoms. The third kappa shape index (κ3) is 4.46. The summed E-state index contributed by atoms with van der Waals surface area (Å²) in [5.74, 6) is 1.07. The van der Waals surface area contributed by atoms with E-state index in [1.807, 2.05) is 23.1 Å². The summed E-state index contributed by atoms with van der Waals surface area (Å²) in [6.45, 7) is 10.3. The summed E-state index contributed by atoms with van der Waals surface area (Å²) in [6.07, 6.45) is 0.443. The van der Waals surface area contributed by atoms with E-state index in [1.54, 1.807) is 0 Å². The Hall–Kier alpha value is -1.55. The molecule has 1 aromatic rings. The molecule has 0 spiro atoms. The number of para-hydroxylation sites is 1. The number of ether oxygens (including phenoxy) is 1. The van der Waals surface area contributed by atoms with Gasteiger partial charge in [0.25, 0.3) is 0 Å². The van der Waals surface area contributed by atoms with Crippen LogP contribution in [0.2, 0.25) is 0 Å². The van der Waals surface area contributed by atoms with Crippen LogP contribution in [0.4, 0.5) is 0 Å². The van der Waals surface area contributed by atoms with Crippen LogP contribution >= 0.6 is 0 Å². The van der Waals surface area contributed by atoms with Gasteiger partial charge in [0.1, 0.15) is 5.75 Å². The minimum Gasteiger partial charge on any atom is -0.493 e. The normalized spacial score (nSPS) is 15.9. The Morgan fingerprint density at radius 1 is 1.24 bits per heavy atom. The minimum absolute atomic E-state index is 0.0408. The number of carbonyl (C=O) groups excluding carboxylic acids is 1. The second kappa shape index (κ2) is 6.94. The fourth-order valence-electron chi connectivity index (χ4n) is 2.53. The molecule has 2 rings (SSSR count). The first-order valence-corrected chi connectivity index (χ1v) is 7.69. The van der Waals surface area contributed by atoms with E-state index in [2.05, 4.69) is 32.2 Å². The van der Waals surface area contributed by atoms with Gasteiger partial charge in [-0.25, -0.2) is 0 Å². The molecule has 1 N–H and O–H groups in total. The Balaban J connectivity index is 1.87. The Labute approximate surface area is 127 Å². The quantitative estimate of drug-likeness (QED) is 0.924. The molecule has 0 aromatic heterocycles. The van der Waals surface area contributed by atoms with E-state index < -0.39 is 0 Å². The summed E-state index contributed by atoms with van der Waals surface area (Å²) in [5.41, 5.74) is 1.22. The molecule has 4 heteroatoms. The van der Waals surface area contributed by atoms with Crippen molar-refractivity contribution in [2.45, 2.75) is 32.6 Å². The first kappa shape index (κ1) is 15.8. The first-order chi connectivity index (χ1) is 9.98. The fourth-order valence-corrected chi connectivity index (χ4v) is 2.53. The van der Waals surface area contributed by atoms with E-state index in [0.29, 0.717) is 13.0 Å². The third-order valence-corrected chi connectivity index (χ3v) is 3.74. The molecule has 1 aliphatic rings. The first-order valence-electron chi connectivity index (χ1n) is 7.69. The maximum atomic E-state index is 12.1. The van der Waals surface area contributed by atoms with E-state index in [4.69, 9.17) is 4.74 Å². The van der Waals surface area contributed by atoms with Crippen LogP contribution < -0.4 is 10.1 Å². The van der Waals surface area contributed by atoms with Gasteiger partial charge in [-0.15, -0.1) is 0 Å². The maximum Gasteiger partial charge on any atom is 0.226 e. The standard InChI is InChI=1S/C17H26N2O2/c1-17(2,3)14-6-4-5-7-15(14)21-13-8-16(20)19-11-9-18-10-12-19/h4-7,18H,8-13H2,1-3H3. The highest BCUT2D eigenvalue weighted by Crippen LogP contribution is 2.30. The zero-order chi connectivity index (χ0) is 15.3. The van der Waals surface area contributed by atoms with Crippen molar-refractivity contribution >= 4 is 5.91 Å². The zero-order valence-electron chi connectivity index (χ0n) is 13.3. The molecule has 0 atom stereocenters. The lowest BCUT2D eigenvalue weighted by Crippen LogP contribution is -2.46. The van der Waals surface area contributed by atoms with Crippen molar-refractivity contribution in [1.82, 2.24) is 10.2 Å². The number of nitrogens with one attached hydrogen (secondary N) is 1. The molecule has 0 radical (unpaired) electrons. The molecular formula is C17H26N2O2. The minimum atomic E-state index is 0.0408. The highest BCUT2D eigenvalue weighted by molar-refractivity contribution is 5.76. The predicted octanol–water partition coefficient (Wildman–Crippen LogP) is 2.18. The van der Waals surface area contributed by atoms with Gasteiger partial charge < -0.3 is 15.0 Å². The second-order valence-corrected chi connectivity index (χ2v) is 6.48. The van der Waals surface area contributed by atoms with Gasteiger partial charge in [-0.05, 0) is 17.0 Å². The highest BCUT2D eigenvalue weighted by atomic mass is 16.5. The Kier molecular flexibility index (Phi) is 5.23. The van der Waals surface area contributed by atoms with Crippen molar-refractivity contribution in [2.24, 2.45) is 0 Å². The number of carbonyl (C=O) groups is 1. The molecule has 0 saturated carbocycles. The van der Waals surface area contributed by atoms with Gasteiger partial charge in [-0.1, -0.05) is 39.0 Å². The van der Waals surface area contributed by atoms with Crippen molar-refractivity contribution in [3.05, 3.63) is 29.8 Å². The second-order valence-electron chi connectivity index (χ2n) is 6.48. The monoisotopic (exact) mass is 290 g/mol. The van der Waals surface area contributed by atoms with Crippen LogP contribution in [0, 0.1) is 0 Å². The predicted molar refractivity (Wildman–Crippen MR) is 84.7 cm³/mol. The fraction of sp³-hybridized carbons (Fsp3) is 0.588. The number of nitrogens with zero attached hydrogens (tertiary/aromatic N) is 1. The van der Waals surface area contributed by atoms with E-state index in [-0.39, 0.29) is 11.3 Å². The lowest BCUT2D eigenvalue weighted by atomic mass is 9.86. The van der Waals surface area contributed by atoms with Gasteiger partial charge in [-0.3, -0.25) is 4.79 Å². The summed E-state index contributed by atoms with van der Waals surface area (Å²) in [6, 6.07) is 8.07. The average molecular weight is 290 g/mol. The van der Waals surface area contributed by atoms with Crippen LogP contribution in [0.15, 0.2) is 24.3 Å². The Morgan fingerprint density at radius 2 is 1.90 bits per heavy atom. The molecule has 1 aliphatic heterocycles. The summed E-state index contributed by atoms with van der Waals surface area (Å²) in [7, 11) is 0. The van der Waals surface area contributed by atoms with Gasteiger partial charge in [0.2, 0.25) is 5.91 Å².